The Kier molecular flexibility index (Phi) is 6.77. The summed E-state index contributed by atoms with van der Waals surface area (Å²) in [6, 6.07) is 10.7. The van der Waals surface area contributed by atoms with Crippen LogP contribution in [0.3, 0.4) is 0 Å². The van der Waals surface area contributed by atoms with Crippen molar-refractivity contribution in [1.29, 1.82) is 0 Å². The van der Waals surface area contributed by atoms with Crippen molar-refractivity contribution in [3.8, 4) is 0 Å². The topological polar surface area (TPSA) is 3.24 Å². The molecular weight excluding hydrogens is 286 g/mol. The predicted octanol–water partition coefficient (Wildman–Crippen LogP) is 5.10. The Morgan fingerprint density at radius 3 is 2.06 bits per heavy atom. The van der Waals surface area contributed by atoms with E-state index in [2.05, 4.69) is 72.1 Å². The molecule has 0 aliphatic carbocycles. The third kappa shape index (κ3) is 4.31. The van der Waals surface area contributed by atoms with Gasteiger partial charge in [0.05, 0.1) is 0 Å². The van der Waals surface area contributed by atoms with E-state index in [1.54, 1.807) is 0 Å². The van der Waals surface area contributed by atoms with Crippen LogP contribution in [0.4, 0.5) is 5.69 Å². The van der Waals surface area contributed by atoms with Gasteiger partial charge in [-0.2, -0.15) is 0 Å². The molecule has 0 saturated carbocycles. The summed E-state index contributed by atoms with van der Waals surface area (Å²) in [5, 5.41) is 1.10. The summed E-state index contributed by atoms with van der Waals surface area (Å²) in [4.78, 5) is 2.40. The molecule has 1 rings (SSSR count). The Morgan fingerprint density at radius 1 is 1.06 bits per heavy atom. The van der Waals surface area contributed by atoms with E-state index in [1.165, 1.54) is 31.4 Å². The van der Waals surface area contributed by atoms with Crippen LogP contribution in [0, 0.1) is 5.41 Å². The number of rotatable bonds is 8. The molecule has 0 amide bonds. The molecular formula is C16H26BrN. The van der Waals surface area contributed by atoms with Gasteiger partial charge in [0.15, 0.2) is 0 Å². The van der Waals surface area contributed by atoms with E-state index < -0.39 is 0 Å². The first-order valence-electron chi connectivity index (χ1n) is 6.99. The van der Waals surface area contributed by atoms with E-state index in [-0.39, 0.29) is 0 Å². The third-order valence-corrected chi connectivity index (χ3v) is 4.80. The molecule has 0 N–H and O–H groups in total. The summed E-state index contributed by atoms with van der Waals surface area (Å²) in [7, 11) is 2.21. The van der Waals surface area contributed by atoms with Crippen molar-refractivity contribution in [2.24, 2.45) is 5.41 Å². The number of benzene rings is 1. The van der Waals surface area contributed by atoms with Gasteiger partial charge < -0.3 is 4.90 Å². The molecule has 0 bridgehead atoms. The number of alkyl halides is 1. The van der Waals surface area contributed by atoms with Crippen LogP contribution in [0.1, 0.15) is 39.5 Å². The standard InChI is InChI=1S/C16H26BrN/c1-4-11-16(13-17,12-5-2)14-18(3)15-9-7-6-8-10-15/h6-10H,4-5,11-14H2,1-3H3. The molecule has 0 aromatic heterocycles. The Labute approximate surface area is 121 Å². The fraction of sp³-hybridized carbons (Fsp3) is 0.625. The number of hydrogen-bond donors (Lipinski definition) is 0. The second-order valence-electron chi connectivity index (χ2n) is 5.33. The largest absolute Gasteiger partial charge is 0.374 e. The summed E-state index contributed by atoms with van der Waals surface area (Å²) >= 11 is 3.75. The second-order valence-corrected chi connectivity index (χ2v) is 5.89. The lowest BCUT2D eigenvalue weighted by atomic mass is 9.80. The molecule has 0 aliphatic rings. The van der Waals surface area contributed by atoms with Gasteiger partial charge in [0.2, 0.25) is 0 Å². The number of halogens is 1. The number of nitrogens with zero attached hydrogens (tertiary/aromatic N) is 1. The van der Waals surface area contributed by atoms with Gasteiger partial charge in [-0.1, -0.05) is 60.8 Å². The molecule has 0 spiro atoms. The molecule has 0 unspecified atom stereocenters. The summed E-state index contributed by atoms with van der Waals surface area (Å²) < 4.78 is 0. The van der Waals surface area contributed by atoms with Gasteiger partial charge in [-0.25, -0.2) is 0 Å². The molecule has 0 heterocycles. The first-order chi connectivity index (χ1) is 8.67. The van der Waals surface area contributed by atoms with Crippen LogP contribution in [-0.4, -0.2) is 18.9 Å². The zero-order valence-corrected chi connectivity index (χ0v) is 13.5. The minimum atomic E-state index is 0.411. The maximum Gasteiger partial charge on any atom is 0.0363 e. The first-order valence-corrected chi connectivity index (χ1v) is 8.11. The van der Waals surface area contributed by atoms with Gasteiger partial charge in [-0.3, -0.25) is 0 Å². The SMILES string of the molecule is CCCC(CBr)(CCC)CN(C)c1ccccc1. The van der Waals surface area contributed by atoms with E-state index in [9.17, 15) is 0 Å². The van der Waals surface area contributed by atoms with Gasteiger partial charge in [-0.15, -0.1) is 0 Å². The van der Waals surface area contributed by atoms with Crippen molar-refractivity contribution < 1.29 is 0 Å². The van der Waals surface area contributed by atoms with Crippen molar-refractivity contribution >= 4 is 21.6 Å². The lowest BCUT2D eigenvalue weighted by molar-refractivity contribution is 0.283. The minimum Gasteiger partial charge on any atom is -0.374 e. The second kappa shape index (κ2) is 7.83. The van der Waals surface area contributed by atoms with Crippen molar-refractivity contribution in [2.75, 3.05) is 23.8 Å². The number of anilines is 1. The Hall–Kier alpha value is -0.500. The average molecular weight is 312 g/mol. The van der Waals surface area contributed by atoms with Gasteiger partial charge in [0, 0.05) is 24.6 Å². The molecule has 102 valence electrons. The van der Waals surface area contributed by atoms with Crippen molar-refractivity contribution in [3.63, 3.8) is 0 Å². The van der Waals surface area contributed by atoms with Gasteiger partial charge in [0.25, 0.3) is 0 Å². The van der Waals surface area contributed by atoms with Crippen LogP contribution in [0.2, 0.25) is 0 Å². The molecule has 0 fully saturated rings. The monoisotopic (exact) mass is 311 g/mol. The van der Waals surface area contributed by atoms with E-state index in [0.29, 0.717) is 5.41 Å². The van der Waals surface area contributed by atoms with Gasteiger partial charge >= 0.3 is 0 Å². The van der Waals surface area contributed by atoms with E-state index in [0.717, 1.165) is 11.9 Å². The van der Waals surface area contributed by atoms with Crippen molar-refractivity contribution in [1.82, 2.24) is 0 Å². The molecule has 1 nitrogen and oxygen atoms in total. The maximum absolute atomic E-state index is 3.75. The summed E-state index contributed by atoms with van der Waals surface area (Å²) in [6.07, 6.45) is 5.11. The highest BCUT2D eigenvalue weighted by Gasteiger charge is 2.28. The lowest BCUT2D eigenvalue weighted by Gasteiger charge is -2.36. The molecule has 0 radical (unpaired) electrons. The van der Waals surface area contributed by atoms with Crippen LogP contribution in [0.5, 0.6) is 0 Å². The van der Waals surface area contributed by atoms with Crippen LogP contribution in [-0.2, 0) is 0 Å². The summed E-state index contributed by atoms with van der Waals surface area (Å²) in [5.41, 5.74) is 1.73. The quantitative estimate of drug-likeness (QED) is 0.603. The molecule has 18 heavy (non-hydrogen) atoms. The third-order valence-electron chi connectivity index (χ3n) is 3.61. The fourth-order valence-corrected chi connectivity index (χ4v) is 3.53. The average Bonchev–Trinajstić information content (AvgIpc) is 2.40. The molecule has 0 atom stereocenters. The Balaban J connectivity index is 2.76. The van der Waals surface area contributed by atoms with Gasteiger partial charge in [0.1, 0.15) is 0 Å². The van der Waals surface area contributed by atoms with Crippen LogP contribution >= 0.6 is 15.9 Å². The Morgan fingerprint density at radius 2 is 1.61 bits per heavy atom. The van der Waals surface area contributed by atoms with E-state index in [1.807, 2.05) is 0 Å². The van der Waals surface area contributed by atoms with Crippen LogP contribution in [0.25, 0.3) is 0 Å². The van der Waals surface area contributed by atoms with E-state index in [4.69, 9.17) is 0 Å². The zero-order chi connectivity index (χ0) is 13.4. The molecule has 0 aliphatic heterocycles. The highest BCUT2D eigenvalue weighted by molar-refractivity contribution is 9.09. The normalized spacial score (nSPS) is 11.6. The fourth-order valence-electron chi connectivity index (χ4n) is 2.80. The predicted molar refractivity (Wildman–Crippen MR) is 85.8 cm³/mol. The van der Waals surface area contributed by atoms with Crippen LogP contribution in [0.15, 0.2) is 30.3 Å². The van der Waals surface area contributed by atoms with E-state index >= 15 is 0 Å². The first kappa shape index (κ1) is 15.6. The van der Waals surface area contributed by atoms with Crippen LogP contribution < -0.4 is 4.90 Å². The Bertz CT molecular complexity index is 317. The van der Waals surface area contributed by atoms with Crippen molar-refractivity contribution in [2.45, 2.75) is 39.5 Å². The minimum absolute atomic E-state index is 0.411. The molecule has 1 aromatic carbocycles. The smallest absolute Gasteiger partial charge is 0.0363 e. The molecule has 2 heteroatoms. The number of hydrogen-bond acceptors (Lipinski definition) is 1. The van der Waals surface area contributed by atoms with Gasteiger partial charge in [-0.05, 0) is 30.4 Å². The van der Waals surface area contributed by atoms with Crippen molar-refractivity contribution in [3.05, 3.63) is 30.3 Å². The molecule has 1 aromatic rings. The highest BCUT2D eigenvalue weighted by Crippen LogP contribution is 2.34. The highest BCUT2D eigenvalue weighted by atomic mass is 79.9. The lowest BCUT2D eigenvalue weighted by Crippen LogP contribution is -2.37. The molecule has 0 saturated heterocycles. The zero-order valence-electron chi connectivity index (χ0n) is 12.0. The summed E-state index contributed by atoms with van der Waals surface area (Å²) in [5.74, 6) is 0. The maximum atomic E-state index is 3.75. The summed E-state index contributed by atoms with van der Waals surface area (Å²) in [6.45, 7) is 5.70. The number of para-hydroxylation sites is 1.